The summed E-state index contributed by atoms with van der Waals surface area (Å²) in [6.45, 7) is -0.544. The maximum Gasteiger partial charge on any atom is 0.197 e. The molecule has 0 bridgehead atoms. The van der Waals surface area contributed by atoms with Gasteiger partial charge in [-0.3, -0.25) is 4.79 Å². The molecule has 0 aliphatic carbocycles. The van der Waals surface area contributed by atoms with Crippen LogP contribution in [-0.4, -0.2) is 21.8 Å². The minimum Gasteiger partial charge on any atom is -0.393 e. The van der Waals surface area contributed by atoms with Crippen LogP contribution < -0.4 is 0 Å². The molecule has 1 rings (SSSR count). The third-order valence-corrected chi connectivity index (χ3v) is 2.58. The molecule has 0 heterocycles. The highest BCUT2D eigenvalue weighted by atomic mass is 79.9. The number of carbonyl (C=O) groups is 1. The first kappa shape index (κ1) is 10.9. The molecule has 0 aliphatic rings. The molecule has 0 amide bonds. The van der Waals surface area contributed by atoms with Gasteiger partial charge in [-0.25, -0.2) is 0 Å². The number of halogens is 1. The number of carbonyl (C=O) groups excluding carboxylic acids is 1. The molecule has 1 unspecified atom stereocenters. The van der Waals surface area contributed by atoms with Gasteiger partial charge in [0.25, 0.3) is 0 Å². The third-order valence-electron chi connectivity index (χ3n) is 1.79. The number of nitrogens with zero attached hydrogens (tertiary/aromatic N) is 1. The van der Waals surface area contributed by atoms with E-state index in [-0.39, 0.29) is 0 Å². The van der Waals surface area contributed by atoms with Crippen molar-refractivity contribution in [1.82, 2.24) is 0 Å². The number of alkyl halides is 1. The zero-order valence-corrected chi connectivity index (χ0v) is 8.86. The number of hydrogen-bond donors (Lipinski definition) is 1. The quantitative estimate of drug-likeness (QED) is 0.657. The Morgan fingerprint density at radius 1 is 1.50 bits per heavy atom. The van der Waals surface area contributed by atoms with Gasteiger partial charge in [-0.2, -0.15) is 5.26 Å². The molecule has 14 heavy (non-hydrogen) atoms. The number of aliphatic hydroxyl groups is 1. The van der Waals surface area contributed by atoms with E-state index in [1.165, 1.54) is 0 Å². The summed E-state index contributed by atoms with van der Waals surface area (Å²) in [5.41, 5.74) is 0.403. The lowest BCUT2D eigenvalue weighted by Gasteiger charge is -2.14. The summed E-state index contributed by atoms with van der Waals surface area (Å²) in [6, 6.07) is 10.1. The highest BCUT2D eigenvalue weighted by molar-refractivity contribution is 9.10. The Morgan fingerprint density at radius 3 is 2.50 bits per heavy atom. The molecule has 0 spiro atoms. The van der Waals surface area contributed by atoms with Gasteiger partial charge in [0.05, 0.1) is 12.7 Å². The van der Waals surface area contributed by atoms with Crippen molar-refractivity contribution in [2.24, 2.45) is 0 Å². The van der Waals surface area contributed by atoms with E-state index in [9.17, 15) is 4.79 Å². The molecule has 3 nitrogen and oxygen atoms in total. The molecule has 72 valence electrons. The van der Waals surface area contributed by atoms with Crippen LogP contribution in [0, 0.1) is 11.3 Å². The predicted octanol–water partition coefficient (Wildman–Crippen LogP) is 1.52. The molecule has 1 aromatic rings. The fourth-order valence-electron chi connectivity index (χ4n) is 0.976. The minimum atomic E-state index is -1.52. The molecule has 0 aliphatic heterocycles. The molecule has 1 aromatic carbocycles. The molecule has 1 atom stereocenters. The van der Waals surface area contributed by atoms with Crippen LogP contribution in [0.2, 0.25) is 0 Å². The number of benzene rings is 1. The van der Waals surface area contributed by atoms with E-state index in [4.69, 9.17) is 10.4 Å². The molecule has 0 saturated heterocycles. The average molecular weight is 254 g/mol. The normalized spacial score (nSPS) is 14.1. The molecular weight excluding hydrogens is 246 g/mol. The van der Waals surface area contributed by atoms with Gasteiger partial charge in [0.2, 0.25) is 0 Å². The van der Waals surface area contributed by atoms with E-state index in [2.05, 4.69) is 15.9 Å². The van der Waals surface area contributed by atoms with Crippen LogP contribution >= 0.6 is 15.9 Å². The van der Waals surface area contributed by atoms with E-state index in [0.717, 1.165) is 0 Å². The van der Waals surface area contributed by atoms with Crippen LogP contribution in [0.5, 0.6) is 0 Å². The van der Waals surface area contributed by atoms with Gasteiger partial charge < -0.3 is 5.11 Å². The van der Waals surface area contributed by atoms with Crippen molar-refractivity contribution in [3.63, 3.8) is 0 Å². The van der Waals surface area contributed by atoms with E-state index in [1.807, 2.05) is 0 Å². The van der Waals surface area contributed by atoms with Crippen molar-refractivity contribution < 1.29 is 9.90 Å². The number of Topliss-reactive ketones (excluding diaryl/α,β-unsaturated/α-hetero) is 1. The first-order valence-corrected chi connectivity index (χ1v) is 4.74. The van der Waals surface area contributed by atoms with E-state index < -0.39 is 16.7 Å². The van der Waals surface area contributed by atoms with E-state index in [1.54, 1.807) is 36.4 Å². The Labute approximate surface area is 90.1 Å². The summed E-state index contributed by atoms with van der Waals surface area (Å²) in [5, 5.41) is 17.7. The molecule has 0 fully saturated rings. The van der Waals surface area contributed by atoms with Crippen LogP contribution in [0.3, 0.4) is 0 Å². The summed E-state index contributed by atoms with van der Waals surface area (Å²) in [6.07, 6.45) is 0. The number of ketones is 1. The van der Waals surface area contributed by atoms with Crippen molar-refractivity contribution in [3.8, 4) is 6.07 Å². The zero-order chi connectivity index (χ0) is 10.6. The Hall–Kier alpha value is -1.18. The van der Waals surface area contributed by atoms with Crippen molar-refractivity contribution >= 4 is 21.7 Å². The number of aliphatic hydroxyl groups excluding tert-OH is 1. The predicted molar refractivity (Wildman–Crippen MR) is 55.1 cm³/mol. The number of hydrogen-bond acceptors (Lipinski definition) is 3. The summed E-state index contributed by atoms with van der Waals surface area (Å²) < 4.78 is -1.52. The second-order valence-electron chi connectivity index (χ2n) is 2.77. The van der Waals surface area contributed by atoms with Gasteiger partial charge in [-0.05, 0) is 0 Å². The molecular formula is C10H8BrNO2. The maximum absolute atomic E-state index is 11.7. The highest BCUT2D eigenvalue weighted by Crippen LogP contribution is 2.22. The second-order valence-corrected chi connectivity index (χ2v) is 4.12. The SMILES string of the molecule is N#CC(Br)(CO)C(=O)c1ccccc1. The Morgan fingerprint density at radius 2 is 2.07 bits per heavy atom. The van der Waals surface area contributed by atoms with Gasteiger partial charge >= 0.3 is 0 Å². The Kier molecular flexibility index (Phi) is 3.39. The van der Waals surface area contributed by atoms with Crippen molar-refractivity contribution in [2.45, 2.75) is 4.32 Å². The number of nitriles is 1. The maximum atomic E-state index is 11.7. The van der Waals surface area contributed by atoms with Crippen LogP contribution in [0.1, 0.15) is 10.4 Å². The summed E-state index contributed by atoms with van der Waals surface area (Å²) in [5.74, 6) is -0.428. The standard InChI is InChI=1S/C10H8BrNO2/c11-10(6-12,7-13)9(14)8-4-2-1-3-5-8/h1-5,13H,7H2. The number of rotatable bonds is 3. The topological polar surface area (TPSA) is 61.1 Å². The molecule has 0 saturated carbocycles. The van der Waals surface area contributed by atoms with Gasteiger partial charge in [-0.1, -0.05) is 46.3 Å². The van der Waals surface area contributed by atoms with Gasteiger partial charge in [0.15, 0.2) is 10.1 Å². The fraction of sp³-hybridized carbons (Fsp3) is 0.200. The van der Waals surface area contributed by atoms with Crippen LogP contribution in [0.25, 0.3) is 0 Å². The largest absolute Gasteiger partial charge is 0.393 e. The first-order chi connectivity index (χ1) is 6.64. The van der Waals surface area contributed by atoms with Crippen molar-refractivity contribution in [2.75, 3.05) is 6.61 Å². The minimum absolute atomic E-state index is 0.403. The first-order valence-electron chi connectivity index (χ1n) is 3.95. The molecule has 0 radical (unpaired) electrons. The van der Waals surface area contributed by atoms with Crippen LogP contribution in [0.15, 0.2) is 30.3 Å². The smallest absolute Gasteiger partial charge is 0.197 e. The Balaban J connectivity index is 3.03. The molecule has 0 aromatic heterocycles. The molecule has 1 N–H and O–H groups in total. The lowest BCUT2D eigenvalue weighted by Crippen LogP contribution is -2.34. The van der Waals surface area contributed by atoms with Crippen molar-refractivity contribution in [3.05, 3.63) is 35.9 Å². The average Bonchev–Trinajstić information content (AvgIpc) is 2.28. The highest BCUT2D eigenvalue weighted by Gasteiger charge is 2.35. The summed E-state index contributed by atoms with van der Waals surface area (Å²) >= 11 is 2.92. The van der Waals surface area contributed by atoms with Gasteiger partial charge in [-0.15, -0.1) is 0 Å². The van der Waals surface area contributed by atoms with Crippen molar-refractivity contribution in [1.29, 1.82) is 5.26 Å². The molecule has 4 heteroatoms. The lowest BCUT2D eigenvalue weighted by molar-refractivity contribution is 0.0936. The summed E-state index contributed by atoms with van der Waals surface area (Å²) in [4.78, 5) is 11.7. The van der Waals surface area contributed by atoms with Crippen LogP contribution in [-0.2, 0) is 0 Å². The van der Waals surface area contributed by atoms with Gasteiger partial charge in [0.1, 0.15) is 0 Å². The van der Waals surface area contributed by atoms with E-state index in [0.29, 0.717) is 5.56 Å². The lowest BCUT2D eigenvalue weighted by atomic mass is 10.00. The Bertz CT molecular complexity index is 371. The van der Waals surface area contributed by atoms with E-state index >= 15 is 0 Å². The zero-order valence-electron chi connectivity index (χ0n) is 7.27. The van der Waals surface area contributed by atoms with Crippen LogP contribution in [0.4, 0.5) is 0 Å². The summed E-state index contributed by atoms with van der Waals surface area (Å²) in [7, 11) is 0. The van der Waals surface area contributed by atoms with Gasteiger partial charge in [0, 0.05) is 5.56 Å². The second kappa shape index (κ2) is 4.36. The third kappa shape index (κ3) is 2.00. The monoisotopic (exact) mass is 253 g/mol. The fourth-order valence-corrected chi connectivity index (χ4v) is 1.21.